The summed E-state index contributed by atoms with van der Waals surface area (Å²) in [6.07, 6.45) is 8.00. The number of aromatic nitrogens is 4. The van der Waals surface area contributed by atoms with Crippen LogP contribution in [-0.4, -0.2) is 50.3 Å². The summed E-state index contributed by atoms with van der Waals surface area (Å²) < 4.78 is 7.37. The van der Waals surface area contributed by atoms with Crippen LogP contribution in [0.4, 0.5) is 0 Å². The van der Waals surface area contributed by atoms with E-state index in [-0.39, 0.29) is 11.8 Å². The molecule has 1 atom stereocenters. The molecule has 1 aliphatic rings. The summed E-state index contributed by atoms with van der Waals surface area (Å²) in [6, 6.07) is 1.87. The fraction of sp³-hybridized carbons (Fsp3) is 0.579. The minimum absolute atomic E-state index is 0.183. The lowest BCUT2D eigenvalue weighted by Crippen LogP contribution is -2.40. The van der Waals surface area contributed by atoms with Crippen LogP contribution in [0.3, 0.4) is 0 Å². The van der Waals surface area contributed by atoms with Gasteiger partial charge in [-0.05, 0) is 32.8 Å². The SMILES string of the molecule is CCOCc1cnc(C)nc1C1CCCN(C(=O)CCn2cccn2)C1. The van der Waals surface area contributed by atoms with Gasteiger partial charge >= 0.3 is 0 Å². The van der Waals surface area contributed by atoms with E-state index in [2.05, 4.69) is 15.1 Å². The first-order valence-corrected chi connectivity index (χ1v) is 9.32. The van der Waals surface area contributed by atoms with E-state index in [0.717, 1.165) is 36.5 Å². The van der Waals surface area contributed by atoms with Crippen molar-refractivity contribution in [3.8, 4) is 0 Å². The Hall–Kier alpha value is -2.28. The molecule has 0 bridgehead atoms. The highest BCUT2D eigenvalue weighted by Crippen LogP contribution is 2.28. The Morgan fingerprint density at radius 2 is 2.31 bits per heavy atom. The van der Waals surface area contributed by atoms with E-state index in [1.54, 1.807) is 10.9 Å². The van der Waals surface area contributed by atoms with Crippen molar-refractivity contribution in [2.75, 3.05) is 19.7 Å². The summed E-state index contributed by atoms with van der Waals surface area (Å²) >= 11 is 0. The number of hydrogen-bond donors (Lipinski definition) is 0. The van der Waals surface area contributed by atoms with Crippen molar-refractivity contribution in [3.05, 3.63) is 41.7 Å². The number of piperidine rings is 1. The molecule has 7 heteroatoms. The summed E-state index contributed by atoms with van der Waals surface area (Å²) in [4.78, 5) is 23.6. The van der Waals surface area contributed by atoms with Crippen molar-refractivity contribution in [2.45, 2.75) is 52.2 Å². The van der Waals surface area contributed by atoms with Crippen LogP contribution >= 0.6 is 0 Å². The maximum absolute atomic E-state index is 12.6. The van der Waals surface area contributed by atoms with Crippen molar-refractivity contribution in [3.63, 3.8) is 0 Å². The molecule has 0 spiro atoms. The fourth-order valence-electron chi connectivity index (χ4n) is 3.42. The third-order valence-corrected chi connectivity index (χ3v) is 4.75. The van der Waals surface area contributed by atoms with E-state index in [9.17, 15) is 4.79 Å². The van der Waals surface area contributed by atoms with Crippen molar-refractivity contribution >= 4 is 5.91 Å². The zero-order chi connectivity index (χ0) is 18.4. The zero-order valence-corrected chi connectivity index (χ0v) is 15.6. The number of rotatable bonds is 7. The van der Waals surface area contributed by atoms with Gasteiger partial charge in [-0.15, -0.1) is 0 Å². The smallest absolute Gasteiger partial charge is 0.224 e. The summed E-state index contributed by atoms with van der Waals surface area (Å²) in [5, 5.41) is 4.16. The second-order valence-corrected chi connectivity index (χ2v) is 6.66. The molecule has 0 N–H and O–H groups in total. The Morgan fingerprint density at radius 3 is 3.08 bits per heavy atom. The number of aryl methyl sites for hydroxylation is 2. The predicted octanol–water partition coefficient (Wildman–Crippen LogP) is 2.31. The van der Waals surface area contributed by atoms with E-state index in [4.69, 9.17) is 4.74 Å². The van der Waals surface area contributed by atoms with Gasteiger partial charge in [-0.1, -0.05) is 0 Å². The van der Waals surface area contributed by atoms with Crippen LogP contribution in [0.2, 0.25) is 0 Å². The Bertz CT molecular complexity index is 717. The molecular formula is C19H27N5O2. The van der Waals surface area contributed by atoms with Gasteiger partial charge in [0, 0.05) is 62.7 Å². The number of ether oxygens (including phenoxy) is 1. The quantitative estimate of drug-likeness (QED) is 0.760. The van der Waals surface area contributed by atoms with Crippen LogP contribution in [0.1, 0.15) is 49.2 Å². The molecular weight excluding hydrogens is 330 g/mol. The highest BCUT2D eigenvalue weighted by molar-refractivity contribution is 5.76. The predicted molar refractivity (Wildman–Crippen MR) is 97.5 cm³/mol. The average Bonchev–Trinajstić information content (AvgIpc) is 3.19. The first kappa shape index (κ1) is 18.5. The van der Waals surface area contributed by atoms with E-state index in [0.29, 0.717) is 32.7 Å². The van der Waals surface area contributed by atoms with Crippen molar-refractivity contribution in [1.82, 2.24) is 24.6 Å². The van der Waals surface area contributed by atoms with Gasteiger partial charge in [0.05, 0.1) is 12.3 Å². The van der Waals surface area contributed by atoms with E-state index >= 15 is 0 Å². The molecule has 0 saturated carbocycles. The lowest BCUT2D eigenvalue weighted by molar-refractivity contribution is -0.132. The lowest BCUT2D eigenvalue weighted by atomic mass is 9.92. The van der Waals surface area contributed by atoms with Crippen LogP contribution in [-0.2, 0) is 22.7 Å². The number of carbonyl (C=O) groups excluding carboxylic acids is 1. The molecule has 1 unspecified atom stereocenters. The fourth-order valence-corrected chi connectivity index (χ4v) is 3.42. The standard InChI is InChI=1S/C19H27N5O2/c1-3-26-14-17-12-20-15(2)22-19(17)16-6-4-9-23(13-16)18(25)7-11-24-10-5-8-21-24/h5,8,10,12,16H,3-4,6-7,9,11,13-14H2,1-2H3. The zero-order valence-electron chi connectivity index (χ0n) is 15.6. The van der Waals surface area contributed by atoms with Gasteiger partial charge in [0.15, 0.2) is 0 Å². The molecule has 1 amide bonds. The normalized spacial score (nSPS) is 17.5. The largest absolute Gasteiger partial charge is 0.377 e. The minimum atomic E-state index is 0.183. The van der Waals surface area contributed by atoms with E-state index in [1.807, 2.05) is 37.2 Å². The first-order chi connectivity index (χ1) is 12.7. The molecule has 26 heavy (non-hydrogen) atoms. The minimum Gasteiger partial charge on any atom is -0.377 e. The van der Waals surface area contributed by atoms with Crippen LogP contribution in [0, 0.1) is 6.92 Å². The molecule has 2 aromatic rings. The third kappa shape index (κ3) is 4.66. The molecule has 3 rings (SSSR count). The second-order valence-electron chi connectivity index (χ2n) is 6.66. The van der Waals surface area contributed by atoms with E-state index in [1.165, 1.54) is 0 Å². The van der Waals surface area contributed by atoms with Gasteiger partial charge in [0.25, 0.3) is 0 Å². The Balaban J connectivity index is 1.66. The van der Waals surface area contributed by atoms with Crippen LogP contribution < -0.4 is 0 Å². The van der Waals surface area contributed by atoms with Gasteiger partial charge < -0.3 is 9.64 Å². The van der Waals surface area contributed by atoms with Crippen molar-refractivity contribution in [1.29, 1.82) is 0 Å². The average molecular weight is 357 g/mol. The third-order valence-electron chi connectivity index (χ3n) is 4.75. The number of amides is 1. The summed E-state index contributed by atoms with van der Waals surface area (Å²) in [5.74, 6) is 1.19. The second kappa shape index (κ2) is 8.89. The van der Waals surface area contributed by atoms with Gasteiger partial charge in [0.2, 0.25) is 5.91 Å². The maximum atomic E-state index is 12.6. The summed E-state index contributed by atoms with van der Waals surface area (Å²) in [6.45, 7) is 7.23. The summed E-state index contributed by atoms with van der Waals surface area (Å²) in [7, 11) is 0. The van der Waals surface area contributed by atoms with Gasteiger partial charge in [0.1, 0.15) is 5.82 Å². The van der Waals surface area contributed by atoms with Crippen molar-refractivity contribution < 1.29 is 9.53 Å². The molecule has 1 fully saturated rings. The lowest BCUT2D eigenvalue weighted by Gasteiger charge is -2.33. The van der Waals surface area contributed by atoms with Crippen LogP contribution in [0.5, 0.6) is 0 Å². The maximum Gasteiger partial charge on any atom is 0.224 e. The molecule has 1 saturated heterocycles. The number of carbonyl (C=O) groups is 1. The highest BCUT2D eigenvalue weighted by Gasteiger charge is 2.27. The molecule has 0 aromatic carbocycles. The number of nitrogens with zero attached hydrogens (tertiary/aromatic N) is 5. The van der Waals surface area contributed by atoms with Gasteiger partial charge in [-0.3, -0.25) is 9.48 Å². The van der Waals surface area contributed by atoms with E-state index < -0.39 is 0 Å². The number of likely N-dealkylation sites (tertiary alicyclic amines) is 1. The number of hydrogen-bond acceptors (Lipinski definition) is 5. The van der Waals surface area contributed by atoms with Gasteiger partial charge in [-0.25, -0.2) is 9.97 Å². The van der Waals surface area contributed by atoms with Crippen molar-refractivity contribution in [2.24, 2.45) is 0 Å². The monoisotopic (exact) mass is 357 g/mol. The first-order valence-electron chi connectivity index (χ1n) is 9.32. The Morgan fingerprint density at radius 1 is 1.42 bits per heavy atom. The molecule has 140 valence electrons. The topological polar surface area (TPSA) is 73.1 Å². The molecule has 0 aliphatic carbocycles. The molecule has 1 aliphatic heterocycles. The molecule has 7 nitrogen and oxygen atoms in total. The van der Waals surface area contributed by atoms with Crippen LogP contribution in [0.15, 0.2) is 24.7 Å². The Kier molecular flexibility index (Phi) is 6.33. The highest BCUT2D eigenvalue weighted by atomic mass is 16.5. The molecule has 3 heterocycles. The van der Waals surface area contributed by atoms with Gasteiger partial charge in [-0.2, -0.15) is 5.10 Å². The Labute approximate surface area is 154 Å². The molecule has 0 radical (unpaired) electrons. The molecule has 2 aromatic heterocycles. The van der Waals surface area contributed by atoms with Crippen LogP contribution in [0.25, 0.3) is 0 Å². The summed E-state index contributed by atoms with van der Waals surface area (Å²) in [5.41, 5.74) is 2.07.